The molecule has 0 unspecified atom stereocenters. The summed E-state index contributed by atoms with van der Waals surface area (Å²) in [4.78, 5) is 55.7. The Morgan fingerprint density at radius 2 is 1.76 bits per heavy atom. The van der Waals surface area contributed by atoms with Gasteiger partial charge < -0.3 is 9.80 Å². The Hall–Kier alpha value is -4.08. The molecule has 1 aromatic heterocycles. The molecule has 1 aliphatic heterocycles. The van der Waals surface area contributed by atoms with Gasteiger partial charge in [-0.15, -0.1) is 0 Å². The fourth-order valence-electron chi connectivity index (χ4n) is 4.07. The van der Waals surface area contributed by atoms with Gasteiger partial charge in [0, 0.05) is 57.3 Å². The van der Waals surface area contributed by atoms with Crippen molar-refractivity contribution in [2.24, 2.45) is 0 Å². The van der Waals surface area contributed by atoms with Crippen molar-refractivity contribution >= 4 is 34.0 Å². The number of nitrogens with zero attached hydrogens (tertiary/aromatic N) is 5. The number of aryl methyl sites for hydroxylation is 1. The molecule has 2 aromatic carbocycles. The highest BCUT2D eigenvalue weighted by molar-refractivity contribution is 5.83. The van der Waals surface area contributed by atoms with Crippen LogP contribution in [0, 0.1) is 10.1 Å². The topological polar surface area (TPSA) is 119 Å². The summed E-state index contributed by atoms with van der Waals surface area (Å²) in [5.41, 5.74) is 1.99. The van der Waals surface area contributed by atoms with Crippen molar-refractivity contribution in [3.05, 3.63) is 74.8 Å². The Morgan fingerprint density at radius 3 is 2.41 bits per heavy atom. The van der Waals surface area contributed by atoms with Gasteiger partial charge in [0.25, 0.3) is 11.2 Å². The predicted molar refractivity (Wildman–Crippen MR) is 127 cm³/mol. The first-order chi connectivity index (χ1) is 16.3. The van der Waals surface area contributed by atoms with Gasteiger partial charge in [0.15, 0.2) is 5.78 Å². The first-order valence-corrected chi connectivity index (χ1v) is 11.1. The summed E-state index contributed by atoms with van der Waals surface area (Å²) in [6.07, 6.45) is 2.03. The number of hydrogen-bond donors (Lipinski definition) is 0. The van der Waals surface area contributed by atoms with Crippen LogP contribution in [0.4, 0.5) is 11.4 Å². The number of nitro benzene ring substituents is 1. The minimum Gasteiger partial charge on any atom is -0.368 e. The molecule has 0 spiro atoms. The molecule has 1 fully saturated rings. The molecule has 0 N–H and O–H groups in total. The number of carbonyl (C=O) groups is 2. The van der Waals surface area contributed by atoms with Gasteiger partial charge in [0.1, 0.15) is 0 Å². The van der Waals surface area contributed by atoms with E-state index < -0.39 is 4.92 Å². The lowest BCUT2D eigenvalue weighted by Crippen LogP contribution is -2.48. The third kappa shape index (κ3) is 5.11. The molecule has 0 radical (unpaired) electrons. The normalized spacial score (nSPS) is 13.8. The lowest BCUT2D eigenvalue weighted by Gasteiger charge is -2.35. The Kier molecular flexibility index (Phi) is 6.67. The molecular formula is C24H25N5O5. The number of ketones is 1. The Morgan fingerprint density at radius 1 is 1.06 bits per heavy atom. The second kappa shape index (κ2) is 9.82. The SMILES string of the molecule is CC(=O)N1CCN(c2ccc3ncn(CC(=O)CCc4ccc([N+](=O)[O-])cc4)c(=O)c3c2)CC1. The molecule has 1 amide bonds. The maximum atomic E-state index is 13.1. The quantitative estimate of drug-likeness (QED) is 0.389. The number of rotatable bonds is 7. The number of non-ortho nitro benzene ring substituents is 1. The van der Waals surface area contributed by atoms with Crippen LogP contribution < -0.4 is 10.5 Å². The monoisotopic (exact) mass is 463 g/mol. The largest absolute Gasteiger partial charge is 0.368 e. The summed E-state index contributed by atoms with van der Waals surface area (Å²) in [6.45, 7) is 4.10. The van der Waals surface area contributed by atoms with Gasteiger partial charge >= 0.3 is 0 Å². The van der Waals surface area contributed by atoms with Crippen LogP contribution in [0.5, 0.6) is 0 Å². The summed E-state index contributed by atoms with van der Waals surface area (Å²) in [6, 6.07) is 11.6. The van der Waals surface area contributed by atoms with E-state index in [-0.39, 0.29) is 35.9 Å². The van der Waals surface area contributed by atoms with Crippen molar-refractivity contribution in [3.8, 4) is 0 Å². The smallest absolute Gasteiger partial charge is 0.269 e. The van der Waals surface area contributed by atoms with Crippen LogP contribution >= 0.6 is 0 Å². The fraction of sp³-hybridized carbons (Fsp3) is 0.333. The van der Waals surface area contributed by atoms with Gasteiger partial charge in [-0.25, -0.2) is 4.98 Å². The first-order valence-electron chi connectivity index (χ1n) is 11.1. The summed E-state index contributed by atoms with van der Waals surface area (Å²) in [7, 11) is 0. The van der Waals surface area contributed by atoms with Crippen molar-refractivity contribution in [2.75, 3.05) is 31.1 Å². The van der Waals surface area contributed by atoms with Crippen molar-refractivity contribution in [1.29, 1.82) is 0 Å². The molecule has 34 heavy (non-hydrogen) atoms. The molecule has 10 nitrogen and oxygen atoms in total. The molecule has 0 saturated carbocycles. The van der Waals surface area contributed by atoms with E-state index in [0.717, 1.165) is 11.3 Å². The predicted octanol–water partition coefficient (Wildman–Crippen LogP) is 2.18. The number of carbonyl (C=O) groups excluding carboxylic acids is 2. The highest BCUT2D eigenvalue weighted by Gasteiger charge is 2.19. The average Bonchev–Trinajstić information content (AvgIpc) is 2.84. The zero-order chi connectivity index (χ0) is 24.2. The van der Waals surface area contributed by atoms with Crippen molar-refractivity contribution in [2.45, 2.75) is 26.3 Å². The molecule has 3 aromatic rings. The zero-order valence-corrected chi connectivity index (χ0v) is 18.8. The van der Waals surface area contributed by atoms with E-state index in [2.05, 4.69) is 9.88 Å². The van der Waals surface area contributed by atoms with E-state index in [9.17, 15) is 24.5 Å². The Labute approximate surface area is 195 Å². The summed E-state index contributed by atoms with van der Waals surface area (Å²) < 4.78 is 1.32. The van der Waals surface area contributed by atoms with Crippen LogP contribution in [-0.4, -0.2) is 57.2 Å². The molecule has 0 atom stereocenters. The van der Waals surface area contributed by atoms with Gasteiger partial charge in [0.05, 0.1) is 28.7 Å². The molecule has 4 rings (SSSR count). The number of nitro groups is 1. The van der Waals surface area contributed by atoms with E-state index in [1.807, 2.05) is 6.07 Å². The maximum absolute atomic E-state index is 13.1. The minimum absolute atomic E-state index is 0.00367. The standard InChI is InChI=1S/C24H25N5O5/c1-17(30)26-10-12-27(13-11-26)20-7-9-23-22(14-20)24(32)28(16-25-23)15-21(31)8-4-18-2-5-19(6-3-18)29(33)34/h2-3,5-7,9,14,16H,4,8,10-13,15H2,1H3. The van der Waals surface area contributed by atoms with E-state index in [0.29, 0.717) is 43.5 Å². The van der Waals surface area contributed by atoms with Crippen LogP contribution in [0.15, 0.2) is 53.6 Å². The van der Waals surface area contributed by atoms with Gasteiger partial charge in [-0.05, 0) is 30.2 Å². The van der Waals surface area contributed by atoms with Crippen LogP contribution in [0.2, 0.25) is 0 Å². The maximum Gasteiger partial charge on any atom is 0.269 e. The number of aromatic nitrogens is 2. The number of hydrogen-bond acceptors (Lipinski definition) is 7. The van der Waals surface area contributed by atoms with Crippen molar-refractivity contribution in [1.82, 2.24) is 14.5 Å². The van der Waals surface area contributed by atoms with Gasteiger partial charge in [-0.2, -0.15) is 0 Å². The zero-order valence-electron chi connectivity index (χ0n) is 18.8. The minimum atomic E-state index is -0.467. The van der Waals surface area contributed by atoms with Crippen LogP contribution in [0.1, 0.15) is 18.9 Å². The molecule has 1 aliphatic rings. The van der Waals surface area contributed by atoms with Gasteiger partial charge in [-0.1, -0.05) is 12.1 Å². The van der Waals surface area contributed by atoms with Crippen LogP contribution in [-0.2, 0) is 22.6 Å². The lowest BCUT2D eigenvalue weighted by atomic mass is 10.1. The number of amides is 1. The Bertz CT molecular complexity index is 1290. The van der Waals surface area contributed by atoms with Gasteiger partial charge in [0.2, 0.25) is 5.91 Å². The number of Topliss-reactive ketones (excluding diaryl/α,β-unsaturated/α-hetero) is 1. The van der Waals surface area contributed by atoms with E-state index in [4.69, 9.17) is 0 Å². The number of fused-ring (bicyclic) bond motifs is 1. The van der Waals surface area contributed by atoms with Crippen molar-refractivity contribution < 1.29 is 14.5 Å². The summed E-state index contributed by atoms with van der Waals surface area (Å²) in [5, 5.41) is 11.2. The Balaban J connectivity index is 1.44. The number of anilines is 1. The number of benzene rings is 2. The molecular weight excluding hydrogens is 438 g/mol. The molecule has 176 valence electrons. The van der Waals surface area contributed by atoms with E-state index >= 15 is 0 Å². The number of piperazine rings is 1. The molecule has 2 heterocycles. The van der Waals surface area contributed by atoms with E-state index in [1.54, 1.807) is 36.1 Å². The third-order valence-electron chi connectivity index (χ3n) is 6.08. The highest BCUT2D eigenvalue weighted by Crippen LogP contribution is 2.20. The molecule has 0 aliphatic carbocycles. The third-order valence-corrected chi connectivity index (χ3v) is 6.08. The van der Waals surface area contributed by atoms with Crippen molar-refractivity contribution in [3.63, 3.8) is 0 Å². The second-order valence-electron chi connectivity index (χ2n) is 8.33. The van der Waals surface area contributed by atoms with Crippen LogP contribution in [0.3, 0.4) is 0 Å². The first kappa shape index (κ1) is 23.1. The lowest BCUT2D eigenvalue weighted by molar-refractivity contribution is -0.384. The molecule has 1 saturated heterocycles. The fourth-order valence-corrected chi connectivity index (χ4v) is 4.07. The molecule has 10 heteroatoms. The summed E-state index contributed by atoms with van der Waals surface area (Å²) >= 11 is 0. The summed E-state index contributed by atoms with van der Waals surface area (Å²) in [5.74, 6) is -0.0680. The van der Waals surface area contributed by atoms with Crippen LogP contribution in [0.25, 0.3) is 10.9 Å². The van der Waals surface area contributed by atoms with E-state index in [1.165, 1.54) is 23.0 Å². The second-order valence-corrected chi connectivity index (χ2v) is 8.33. The average molecular weight is 463 g/mol. The molecule has 0 bridgehead atoms. The van der Waals surface area contributed by atoms with Gasteiger partial charge in [-0.3, -0.25) is 29.1 Å². The highest BCUT2D eigenvalue weighted by atomic mass is 16.6.